The minimum atomic E-state index is -0.805. The van der Waals surface area contributed by atoms with Crippen LogP contribution in [-0.2, 0) is 11.2 Å². The topological polar surface area (TPSA) is 88.3 Å². The van der Waals surface area contributed by atoms with Crippen LogP contribution in [0, 0.1) is 24.0 Å². The molecular weight excluding hydrogens is 426 g/mol. The summed E-state index contributed by atoms with van der Waals surface area (Å²) < 4.78 is 28.2. The molecule has 33 heavy (non-hydrogen) atoms. The molecule has 6 nitrogen and oxygen atoms in total. The third-order valence-corrected chi connectivity index (χ3v) is 6.05. The van der Waals surface area contributed by atoms with Crippen molar-refractivity contribution in [1.29, 1.82) is 0 Å². The zero-order chi connectivity index (χ0) is 24.9. The SMILES string of the molecule is Cc1c(C[C@@H](CNC(=O)C[C@@H](c2cncc(F)c2)C(C)(C)C)N(C)C)ccc(C(N)=O)c1F. The molecule has 0 fully saturated rings. The Hall–Kier alpha value is -2.87. The van der Waals surface area contributed by atoms with Gasteiger partial charge in [-0.3, -0.25) is 14.6 Å². The summed E-state index contributed by atoms with van der Waals surface area (Å²) in [6.07, 6.45) is 3.41. The standard InChI is InChI=1S/C25H34F2N4O2/c1-15-16(7-8-20(23(15)27)24(28)33)10-19(31(5)6)14-30-22(32)11-21(25(2,3)4)17-9-18(26)13-29-12-17/h7-9,12-13,19,21H,10-11,14H2,1-6H3,(H2,28,33)(H,30,32)/t19-,21-/m0/s1. The van der Waals surface area contributed by atoms with E-state index in [1.165, 1.54) is 12.1 Å². The third-order valence-electron chi connectivity index (χ3n) is 6.05. The van der Waals surface area contributed by atoms with E-state index in [9.17, 15) is 18.4 Å². The van der Waals surface area contributed by atoms with Crippen LogP contribution in [0.1, 0.15) is 60.2 Å². The van der Waals surface area contributed by atoms with Gasteiger partial charge in [-0.25, -0.2) is 8.78 Å². The van der Waals surface area contributed by atoms with Crippen molar-refractivity contribution in [2.24, 2.45) is 11.1 Å². The molecule has 1 heterocycles. The second-order valence-electron chi connectivity index (χ2n) is 9.76. The van der Waals surface area contributed by atoms with E-state index in [0.29, 0.717) is 24.1 Å². The summed E-state index contributed by atoms with van der Waals surface area (Å²) in [5, 5.41) is 2.97. The number of rotatable bonds is 9. The number of nitrogens with two attached hydrogens (primary N) is 1. The Labute approximate surface area is 194 Å². The Morgan fingerprint density at radius 2 is 1.85 bits per heavy atom. The van der Waals surface area contributed by atoms with Crippen LogP contribution >= 0.6 is 0 Å². The van der Waals surface area contributed by atoms with Gasteiger partial charge in [0, 0.05) is 25.2 Å². The normalized spacial score (nSPS) is 13.6. The van der Waals surface area contributed by atoms with E-state index in [-0.39, 0.29) is 35.3 Å². The molecule has 2 amide bonds. The zero-order valence-corrected chi connectivity index (χ0v) is 20.2. The number of nitrogens with zero attached hydrogens (tertiary/aromatic N) is 2. The van der Waals surface area contributed by atoms with Crippen LogP contribution in [0.5, 0.6) is 0 Å². The largest absolute Gasteiger partial charge is 0.366 e. The van der Waals surface area contributed by atoms with Gasteiger partial charge < -0.3 is 16.0 Å². The fourth-order valence-electron chi connectivity index (χ4n) is 3.86. The van der Waals surface area contributed by atoms with Crippen molar-refractivity contribution in [1.82, 2.24) is 15.2 Å². The lowest BCUT2D eigenvalue weighted by molar-refractivity contribution is -0.122. The van der Waals surface area contributed by atoms with Crippen LogP contribution in [0.15, 0.2) is 30.6 Å². The summed E-state index contributed by atoms with van der Waals surface area (Å²) >= 11 is 0. The average molecular weight is 461 g/mol. The molecule has 0 spiro atoms. The molecule has 8 heteroatoms. The number of amides is 2. The van der Waals surface area contributed by atoms with Crippen LogP contribution < -0.4 is 11.1 Å². The number of hydrogen-bond donors (Lipinski definition) is 2. The first-order chi connectivity index (χ1) is 15.3. The third kappa shape index (κ3) is 7.05. The number of hydrogen-bond acceptors (Lipinski definition) is 4. The van der Waals surface area contributed by atoms with Gasteiger partial charge in [-0.1, -0.05) is 26.8 Å². The van der Waals surface area contributed by atoms with Crippen molar-refractivity contribution in [2.75, 3.05) is 20.6 Å². The molecule has 1 aromatic carbocycles. The highest BCUT2D eigenvalue weighted by Crippen LogP contribution is 2.37. The van der Waals surface area contributed by atoms with Gasteiger partial charge in [0.25, 0.3) is 5.91 Å². The Balaban J connectivity index is 2.11. The maximum Gasteiger partial charge on any atom is 0.251 e. The summed E-state index contributed by atoms with van der Waals surface area (Å²) in [6, 6.07) is 4.41. The van der Waals surface area contributed by atoms with Gasteiger partial charge in [0.05, 0.1) is 11.8 Å². The summed E-state index contributed by atoms with van der Waals surface area (Å²) in [4.78, 5) is 30.1. The first kappa shape index (κ1) is 26.4. The van der Waals surface area contributed by atoms with Gasteiger partial charge in [-0.05, 0) is 67.6 Å². The Bertz CT molecular complexity index is 1000. The van der Waals surface area contributed by atoms with Crippen LogP contribution in [0.25, 0.3) is 0 Å². The highest BCUT2D eigenvalue weighted by atomic mass is 19.1. The molecule has 0 aliphatic rings. The molecule has 0 bridgehead atoms. The van der Waals surface area contributed by atoms with Crippen molar-refractivity contribution < 1.29 is 18.4 Å². The van der Waals surface area contributed by atoms with Gasteiger partial charge in [0.1, 0.15) is 11.6 Å². The van der Waals surface area contributed by atoms with Crippen LogP contribution in [0.4, 0.5) is 8.78 Å². The molecule has 3 N–H and O–H groups in total. The molecule has 0 unspecified atom stereocenters. The molecule has 0 saturated heterocycles. The second-order valence-corrected chi connectivity index (χ2v) is 9.76. The van der Waals surface area contributed by atoms with E-state index < -0.39 is 17.5 Å². The van der Waals surface area contributed by atoms with E-state index in [0.717, 1.165) is 11.8 Å². The van der Waals surface area contributed by atoms with Gasteiger partial charge in [-0.2, -0.15) is 0 Å². The number of halogens is 2. The second kappa shape index (κ2) is 10.8. The molecular formula is C25H34F2N4O2. The predicted octanol–water partition coefficient (Wildman–Crippen LogP) is 3.58. The van der Waals surface area contributed by atoms with Gasteiger partial charge >= 0.3 is 0 Å². The predicted molar refractivity (Wildman–Crippen MR) is 125 cm³/mol. The van der Waals surface area contributed by atoms with Crippen molar-refractivity contribution in [3.63, 3.8) is 0 Å². The number of aromatic nitrogens is 1. The number of benzene rings is 1. The van der Waals surface area contributed by atoms with E-state index >= 15 is 0 Å². The molecule has 2 rings (SSSR count). The highest BCUT2D eigenvalue weighted by molar-refractivity contribution is 5.93. The Kier molecular flexibility index (Phi) is 8.66. The molecule has 0 aliphatic carbocycles. The van der Waals surface area contributed by atoms with Crippen molar-refractivity contribution >= 4 is 11.8 Å². The highest BCUT2D eigenvalue weighted by Gasteiger charge is 2.29. The molecule has 1 aromatic heterocycles. The molecule has 0 aliphatic heterocycles. The van der Waals surface area contributed by atoms with E-state index in [4.69, 9.17) is 5.73 Å². The number of pyridine rings is 1. The number of carbonyl (C=O) groups excluding carboxylic acids is 2. The maximum absolute atomic E-state index is 14.5. The lowest BCUT2D eigenvalue weighted by Gasteiger charge is -2.31. The summed E-state index contributed by atoms with van der Waals surface area (Å²) in [7, 11) is 3.77. The number of nitrogens with one attached hydrogen (secondary N) is 1. The van der Waals surface area contributed by atoms with Crippen LogP contribution in [0.2, 0.25) is 0 Å². The summed E-state index contributed by atoms with van der Waals surface area (Å²) in [5.41, 5.74) is 6.61. The summed E-state index contributed by atoms with van der Waals surface area (Å²) in [6.45, 7) is 7.98. The molecule has 2 aromatic rings. The minimum Gasteiger partial charge on any atom is -0.366 e. The zero-order valence-electron chi connectivity index (χ0n) is 20.2. The van der Waals surface area contributed by atoms with Crippen molar-refractivity contribution in [3.8, 4) is 0 Å². The Morgan fingerprint density at radius 3 is 2.39 bits per heavy atom. The van der Waals surface area contributed by atoms with Crippen LogP contribution in [-0.4, -0.2) is 48.4 Å². The van der Waals surface area contributed by atoms with Gasteiger partial charge in [0.2, 0.25) is 5.91 Å². The van der Waals surface area contributed by atoms with Crippen molar-refractivity contribution in [2.45, 2.75) is 52.5 Å². The quantitative estimate of drug-likeness (QED) is 0.599. The first-order valence-electron chi connectivity index (χ1n) is 10.9. The van der Waals surface area contributed by atoms with Crippen molar-refractivity contribution in [3.05, 3.63) is 64.5 Å². The monoisotopic (exact) mass is 460 g/mol. The van der Waals surface area contributed by atoms with Gasteiger partial charge in [0.15, 0.2) is 0 Å². The van der Waals surface area contributed by atoms with Crippen LogP contribution in [0.3, 0.4) is 0 Å². The number of primary amides is 1. The smallest absolute Gasteiger partial charge is 0.251 e. The van der Waals surface area contributed by atoms with E-state index in [2.05, 4.69) is 10.3 Å². The van der Waals surface area contributed by atoms with E-state index in [1.54, 1.807) is 19.2 Å². The van der Waals surface area contributed by atoms with E-state index in [1.807, 2.05) is 39.8 Å². The molecule has 2 atom stereocenters. The minimum absolute atomic E-state index is 0.101. The maximum atomic E-state index is 14.5. The number of carbonyl (C=O) groups is 2. The fraction of sp³-hybridized carbons (Fsp3) is 0.480. The lowest BCUT2D eigenvalue weighted by atomic mass is 9.75. The molecule has 0 saturated carbocycles. The Morgan fingerprint density at radius 1 is 1.18 bits per heavy atom. The average Bonchev–Trinajstić information content (AvgIpc) is 2.70. The number of likely N-dealkylation sites (N-methyl/N-ethyl adjacent to an activating group) is 1. The molecule has 0 radical (unpaired) electrons. The molecule has 180 valence electrons. The summed E-state index contributed by atoms with van der Waals surface area (Å²) in [5.74, 6) is -2.22. The fourth-order valence-corrected chi connectivity index (χ4v) is 3.86. The van der Waals surface area contributed by atoms with Gasteiger partial charge in [-0.15, -0.1) is 0 Å². The lowest BCUT2D eigenvalue weighted by Crippen LogP contribution is -2.42. The first-order valence-corrected chi connectivity index (χ1v) is 10.9.